The summed E-state index contributed by atoms with van der Waals surface area (Å²) in [6.07, 6.45) is 2.61. The van der Waals surface area contributed by atoms with Crippen molar-refractivity contribution >= 4 is 11.8 Å². The second kappa shape index (κ2) is 6.31. The van der Waals surface area contributed by atoms with Gasteiger partial charge in [0.1, 0.15) is 5.75 Å². The smallest absolute Gasteiger partial charge is 0.121 e. The Kier molecular flexibility index (Phi) is 4.75. The quantitative estimate of drug-likeness (QED) is 0.889. The minimum absolute atomic E-state index is 0.707. The monoisotopic (exact) mass is 251 g/mol. The van der Waals surface area contributed by atoms with Crippen molar-refractivity contribution in [1.82, 2.24) is 5.32 Å². The molecule has 0 spiro atoms. The van der Waals surface area contributed by atoms with Crippen LogP contribution in [0.4, 0.5) is 0 Å². The molecule has 0 atom stereocenters. The third kappa shape index (κ3) is 3.65. The van der Waals surface area contributed by atoms with Crippen LogP contribution in [0.5, 0.6) is 5.75 Å². The van der Waals surface area contributed by atoms with E-state index in [1.165, 1.54) is 35.5 Å². The van der Waals surface area contributed by atoms with Gasteiger partial charge in [0.25, 0.3) is 0 Å². The SMILES string of the molecule is COc1ccc(CNC2CCSCC2)cc1C. The van der Waals surface area contributed by atoms with Crippen molar-refractivity contribution in [1.29, 1.82) is 0 Å². The maximum atomic E-state index is 5.27. The highest BCUT2D eigenvalue weighted by atomic mass is 32.2. The number of ether oxygens (including phenoxy) is 1. The topological polar surface area (TPSA) is 21.3 Å². The van der Waals surface area contributed by atoms with E-state index >= 15 is 0 Å². The summed E-state index contributed by atoms with van der Waals surface area (Å²) in [5.74, 6) is 3.58. The van der Waals surface area contributed by atoms with E-state index in [9.17, 15) is 0 Å². The summed E-state index contributed by atoms with van der Waals surface area (Å²) in [4.78, 5) is 0. The Morgan fingerprint density at radius 1 is 1.35 bits per heavy atom. The Bertz CT molecular complexity index is 361. The third-order valence-corrected chi connectivity index (χ3v) is 4.32. The van der Waals surface area contributed by atoms with Crippen molar-refractivity contribution in [3.05, 3.63) is 29.3 Å². The zero-order chi connectivity index (χ0) is 12.1. The molecule has 2 rings (SSSR count). The minimum Gasteiger partial charge on any atom is -0.496 e. The molecule has 0 unspecified atom stereocenters. The maximum absolute atomic E-state index is 5.27. The van der Waals surface area contributed by atoms with Gasteiger partial charge in [0.15, 0.2) is 0 Å². The Labute approximate surface area is 108 Å². The summed E-state index contributed by atoms with van der Waals surface area (Å²) in [5.41, 5.74) is 2.56. The first-order chi connectivity index (χ1) is 8.29. The summed E-state index contributed by atoms with van der Waals surface area (Å²) in [6.45, 7) is 3.07. The van der Waals surface area contributed by atoms with Gasteiger partial charge in [-0.2, -0.15) is 11.8 Å². The Hall–Kier alpha value is -0.670. The number of benzene rings is 1. The van der Waals surface area contributed by atoms with Gasteiger partial charge in [-0.05, 0) is 48.5 Å². The maximum Gasteiger partial charge on any atom is 0.121 e. The van der Waals surface area contributed by atoms with Crippen LogP contribution in [0.15, 0.2) is 18.2 Å². The first-order valence-electron chi connectivity index (χ1n) is 6.24. The fourth-order valence-corrected chi connectivity index (χ4v) is 3.32. The fraction of sp³-hybridized carbons (Fsp3) is 0.571. The number of aryl methyl sites for hydroxylation is 1. The van der Waals surface area contributed by atoms with Crippen LogP contribution in [0.2, 0.25) is 0 Å². The molecule has 0 amide bonds. The molecule has 17 heavy (non-hydrogen) atoms. The van der Waals surface area contributed by atoms with Gasteiger partial charge in [-0.3, -0.25) is 0 Å². The lowest BCUT2D eigenvalue weighted by Gasteiger charge is -2.22. The Morgan fingerprint density at radius 2 is 2.12 bits per heavy atom. The molecule has 1 aromatic rings. The summed E-state index contributed by atoms with van der Waals surface area (Å²) < 4.78 is 5.27. The van der Waals surface area contributed by atoms with Crippen molar-refractivity contribution < 1.29 is 4.74 Å². The number of rotatable bonds is 4. The standard InChI is InChI=1S/C14H21NOS/c1-11-9-12(3-4-14(11)16-2)10-15-13-5-7-17-8-6-13/h3-4,9,13,15H,5-8,10H2,1-2H3. The van der Waals surface area contributed by atoms with E-state index in [0.717, 1.165) is 12.3 Å². The van der Waals surface area contributed by atoms with Crippen LogP contribution in [0, 0.1) is 6.92 Å². The zero-order valence-electron chi connectivity index (χ0n) is 10.7. The van der Waals surface area contributed by atoms with E-state index in [1.807, 2.05) is 0 Å². The van der Waals surface area contributed by atoms with E-state index in [4.69, 9.17) is 4.74 Å². The second-order valence-electron chi connectivity index (χ2n) is 4.57. The van der Waals surface area contributed by atoms with Gasteiger partial charge in [-0.1, -0.05) is 12.1 Å². The van der Waals surface area contributed by atoms with E-state index in [2.05, 4.69) is 42.2 Å². The second-order valence-corrected chi connectivity index (χ2v) is 5.80. The Morgan fingerprint density at radius 3 is 2.76 bits per heavy atom. The molecule has 0 bridgehead atoms. The number of hydrogen-bond acceptors (Lipinski definition) is 3. The van der Waals surface area contributed by atoms with Gasteiger partial charge >= 0.3 is 0 Å². The molecule has 1 saturated heterocycles. The van der Waals surface area contributed by atoms with E-state index in [1.54, 1.807) is 7.11 Å². The molecule has 0 saturated carbocycles. The van der Waals surface area contributed by atoms with Crippen LogP contribution in [-0.2, 0) is 6.54 Å². The molecular formula is C14H21NOS. The third-order valence-electron chi connectivity index (χ3n) is 3.28. The lowest BCUT2D eigenvalue weighted by molar-refractivity contribution is 0.411. The molecule has 1 aliphatic rings. The molecule has 1 heterocycles. The molecule has 0 radical (unpaired) electrons. The number of nitrogens with one attached hydrogen (secondary N) is 1. The summed E-state index contributed by atoms with van der Waals surface area (Å²) in [6, 6.07) is 7.13. The van der Waals surface area contributed by atoms with Crippen LogP contribution in [-0.4, -0.2) is 24.7 Å². The summed E-state index contributed by atoms with van der Waals surface area (Å²) in [7, 11) is 1.72. The molecule has 1 N–H and O–H groups in total. The van der Waals surface area contributed by atoms with Crippen LogP contribution < -0.4 is 10.1 Å². The largest absolute Gasteiger partial charge is 0.496 e. The van der Waals surface area contributed by atoms with Gasteiger partial charge < -0.3 is 10.1 Å². The van der Waals surface area contributed by atoms with Gasteiger partial charge in [-0.15, -0.1) is 0 Å². The normalized spacial score (nSPS) is 17.1. The molecule has 94 valence electrons. The van der Waals surface area contributed by atoms with Crippen molar-refractivity contribution in [2.24, 2.45) is 0 Å². The number of methoxy groups -OCH3 is 1. The highest BCUT2D eigenvalue weighted by Gasteiger charge is 2.12. The van der Waals surface area contributed by atoms with Crippen LogP contribution in [0.25, 0.3) is 0 Å². The first-order valence-corrected chi connectivity index (χ1v) is 7.39. The van der Waals surface area contributed by atoms with Gasteiger partial charge in [0, 0.05) is 12.6 Å². The highest BCUT2D eigenvalue weighted by molar-refractivity contribution is 7.99. The zero-order valence-corrected chi connectivity index (χ0v) is 11.5. The van der Waals surface area contributed by atoms with E-state index < -0.39 is 0 Å². The summed E-state index contributed by atoms with van der Waals surface area (Å²) >= 11 is 2.07. The van der Waals surface area contributed by atoms with Crippen LogP contribution in [0.1, 0.15) is 24.0 Å². The average molecular weight is 251 g/mol. The minimum atomic E-state index is 0.707. The highest BCUT2D eigenvalue weighted by Crippen LogP contribution is 2.20. The number of thioether (sulfide) groups is 1. The fourth-order valence-electron chi connectivity index (χ4n) is 2.21. The van der Waals surface area contributed by atoms with Crippen molar-refractivity contribution in [2.75, 3.05) is 18.6 Å². The van der Waals surface area contributed by atoms with Gasteiger partial charge in [0.2, 0.25) is 0 Å². The van der Waals surface area contributed by atoms with Crippen molar-refractivity contribution in [2.45, 2.75) is 32.4 Å². The average Bonchev–Trinajstić information content (AvgIpc) is 2.38. The van der Waals surface area contributed by atoms with Gasteiger partial charge in [0.05, 0.1) is 7.11 Å². The predicted molar refractivity (Wildman–Crippen MR) is 74.9 cm³/mol. The van der Waals surface area contributed by atoms with Crippen molar-refractivity contribution in [3.8, 4) is 5.75 Å². The molecule has 0 aliphatic carbocycles. The first kappa shape index (κ1) is 12.8. The van der Waals surface area contributed by atoms with Gasteiger partial charge in [-0.25, -0.2) is 0 Å². The lowest BCUT2D eigenvalue weighted by Crippen LogP contribution is -2.32. The molecule has 2 nitrogen and oxygen atoms in total. The molecule has 1 aliphatic heterocycles. The van der Waals surface area contributed by atoms with Crippen molar-refractivity contribution in [3.63, 3.8) is 0 Å². The summed E-state index contributed by atoms with van der Waals surface area (Å²) in [5, 5.41) is 3.65. The molecular weight excluding hydrogens is 230 g/mol. The number of hydrogen-bond donors (Lipinski definition) is 1. The Balaban J connectivity index is 1.87. The molecule has 3 heteroatoms. The van der Waals surface area contributed by atoms with E-state index in [-0.39, 0.29) is 0 Å². The molecule has 1 aromatic carbocycles. The van der Waals surface area contributed by atoms with Crippen LogP contribution >= 0.6 is 11.8 Å². The predicted octanol–water partition coefficient (Wildman–Crippen LogP) is 2.99. The molecule has 0 aromatic heterocycles. The van der Waals surface area contributed by atoms with Crippen LogP contribution in [0.3, 0.4) is 0 Å². The van der Waals surface area contributed by atoms with E-state index in [0.29, 0.717) is 6.04 Å². The molecule has 1 fully saturated rings. The lowest BCUT2D eigenvalue weighted by atomic mass is 10.1.